The molecule has 1 atom stereocenters. The summed E-state index contributed by atoms with van der Waals surface area (Å²) in [5.74, 6) is -3.23. The van der Waals surface area contributed by atoms with Gasteiger partial charge in [-0.1, -0.05) is 0 Å². The van der Waals surface area contributed by atoms with Crippen LogP contribution in [0.25, 0.3) is 0 Å². The first-order valence-corrected chi connectivity index (χ1v) is 8.86. The van der Waals surface area contributed by atoms with Crippen LogP contribution >= 0.6 is 0 Å². The molecule has 8 heteroatoms. The van der Waals surface area contributed by atoms with Gasteiger partial charge in [-0.05, 0) is 39.8 Å². The van der Waals surface area contributed by atoms with E-state index in [1.807, 2.05) is 20.8 Å². The van der Waals surface area contributed by atoms with Crippen LogP contribution in [0.1, 0.15) is 34.1 Å². The smallest absolute Gasteiger partial charge is 0.240 e. The molecule has 3 amide bonds. The zero-order chi connectivity index (χ0) is 20.4. The largest absolute Gasteiger partial charge is 0.350 e. The van der Waals surface area contributed by atoms with E-state index < -0.39 is 23.1 Å². The fourth-order valence-corrected chi connectivity index (χ4v) is 3.05. The van der Waals surface area contributed by atoms with Gasteiger partial charge in [0.1, 0.15) is 11.6 Å². The van der Waals surface area contributed by atoms with E-state index in [4.69, 9.17) is 0 Å². The van der Waals surface area contributed by atoms with E-state index in [0.717, 1.165) is 18.2 Å². The molecule has 1 aliphatic rings. The van der Waals surface area contributed by atoms with Gasteiger partial charge in [0.15, 0.2) is 0 Å². The maximum atomic E-state index is 13.4. The zero-order valence-corrected chi connectivity index (χ0v) is 16.0. The lowest BCUT2D eigenvalue weighted by Gasteiger charge is -2.26. The minimum Gasteiger partial charge on any atom is -0.350 e. The number of nitrogens with zero attached hydrogens (tertiary/aromatic N) is 2. The van der Waals surface area contributed by atoms with Crippen LogP contribution in [0.4, 0.5) is 14.5 Å². The molecule has 148 valence electrons. The Morgan fingerprint density at radius 2 is 1.81 bits per heavy atom. The molecule has 0 aliphatic carbocycles. The molecule has 27 heavy (non-hydrogen) atoms. The molecule has 2 rings (SSSR count). The lowest BCUT2D eigenvalue weighted by Crippen LogP contribution is -2.48. The Labute approximate surface area is 157 Å². The van der Waals surface area contributed by atoms with Crippen LogP contribution in [0.5, 0.6) is 0 Å². The molecule has 6 nitrogen and oxygen atoms in total. The van der Waals surface area contributed by atoms with Crippen LogP contribution in [-0.4, -0.2) is 47.8 Å². The summed E-state index contributed by atoms with van der Waals surface area (Å²) in [5.41, 5.74) is -0.331. The van der Waals surface area contributed by atoms with E-state index in [9.17, 15) is 23.2 Å². The second kappa shape index (κ2) is 8.02. The van der Waals surface area contributed by atoms with Gasteiger partial charge in [-0.15, -0.1) is 0 Å². The molecular formula is C19H25F2N3O3. The molecule has 1 aliphatic heterocycles. The molecule has 1 aromatic rings. The molecule has 1 saturated heterocycles. The third-order valence-electron chi connectivity index (χ3n) is 4.18. The topological polar surface area (TPSA) is 69.7 Å². The van der Waals surface area contributed by atoms with E-state index in [2.05, 4.69) is 5.32 Å². The van der Waals surface area contributed by atoms with Crippen LogP contribution in [0.15, 0.2) is 18.2 Å². The average Bonchev–Trinajstić information content (AvgIpc) is 2.91. The van der Waals surface area contributed by atoms with E-state index in [1.165, 1.54) is 9.80 Å². The first-order valence-electron chi connectivity index (χ1n) is 8.86. The Hall–Kier alpha value is -2.51. The molecule has 1 aromatic carbocycles. The molecule has 1 heterocycles. The van der Waals surface area contributed by atoms with E-state index in [-0.39, 0.29) is 42.9 Å². The van der Waals surface area contributed by atoms with Gasteiger partial charge < -0.3 is 15.1 Å². The standard InChI is InChI=1S/C19H25F2N3O3/c1-5-23(11-16(25)22-19(2,3)4)18(27)12-6-17(26)24(10-12)15-8-13(20)7-14(21)9-15/h7-9,12H,5-6,10-11H2,1-4H3,(H,22,25). The summed E-state index contributed by atoms with van der Waals surface area (Å²) in [6.07, 6.45) is -0.0612. The van der Waals surface area contributed by atoms with E-state index in [1.54, 1.807) is 6.92 Å². The molecule has 0 bridgehead atoms. The molecule has 1 fully saturated rings. The highest BCUT2D eigenvalue weighted by atomic mass is 19.1. The second-order valence-corrected chi connectivity index (χ2v) is 7.68. The first kappa shape index (κ1) is 20.8. The Morgan fingerprint density at radius 1 is 1.22 bits per heavy atom. The molecule has 0 saturated carbocycles. The van der Waals surface area contributed by atoms with Crippen molar-refractivity contribution >= 4 is 23.4 Å². The summed E-state index contributed by atoms with van der Waals surface area (Å²) in [5, 5.41) is 2.79. The van der Waals surface area contributed by atoms with Crippen molar-refractivity contribution in [1.29, 1.82) is 0 Å². The summed E-state index contributed by atoms with van der Waals surface area (Å²) >= 11 is 0. The number of rotatable bonds is 5. The number of amides is 3. The third kappa shape index (κ3) is 5.48. The van der Waals surface area contributed by atoms with Gasteiger partial charge >= 0.3 is 0 Å². The quantitative estimate of drug-likeness (QED) is 0.849. The Morgan fingerprint density at radius 3 is 2.33 bits per heavy atom. The molecule has 1 unspecified atom stereocenters. The van der Waals surface area contributed by atoms with E-state index >= 15 is 0 Å². The van der Waals surface area contributed by atoms with Crippen LogP contribution in [0.3, 0.4) is 0 Å². The number of hydrogen-bond donors (Lipinski definition) is 1. The number of nitrogens with one attached hydrogen (secondary N) is 1. The maximum absolute atomic E-state index is 13.4. The monoisotopic (exact) mass is 381 g/mol. The first-order chi connectivity index (χ1) is 12.5. The predicted molar refractivity (Wildman–Crippen MR) is 97.0 cm³/mol. The van der Waals surface area contributed by atoms with Crippen molar-refractivity contribution in [2.75, 3.05) is 24.5 Å². The number of halogens is 2. The van der Waals surface area contributed by atoms with Gasteiger partial charge in [0.25, 0.3) is 0 Å². The lowest BCUT2D eigenvalue weighted by atomic mass is 10.1. The van der Waals surface area contributed by atoms with E-state index in [0.29, 0.717) is 6.54 Å². The summed E-state index contributed by atoms with van der Waals surface area (Å²) in [4.78, 5) is 39.7. The summed E-state index contributed by atoms with van der Waals surface area (Å²) < 4.78 is 26.9. The molecular weight excluding hydrogens is 356 g/mol. The fourth-order valence-electron chi connectivity index (χ4n) is 3.05. The Kier molecular flexibility index (Phi) is 6.18. The highest BCUT2D eigenvalue weighted by molar-refractivity contribution is 6.00. The summed E-state index contributed by atoms with van der Waals surface area (Å²) in [6, 6.07) is 2.84. The van der Waals surface area contributed by atoms with Crippen molar-refractivity contribution < 1.29 is 23.2 Å². The van der Waals surface area contributed by atoms with Crippen molar-refractivity contribution in [3.63, 3.8) is 0 Å². The van der Waals surface area contributed by atoms with Crippen LogP contribution in [-0.2, 0) is 14.4 Å². The number of carbonyl (C=O) groups is 3. The average molecular weight is 381 g/mol. The highest BCUT2D eigenvalue weighted by Crippen LogP contribution is 2.27. The number of benzene rings is 1. The molecule has 0 spiro atoms. The highest BCUT2D eigenvalue weighted by Gasteiger charge is 2.37. The predicted octanol–water partition coefficient (Wildman–Crippen LogP) is 2.08. The third-order valence-corrected chi connectivity index (χ3v) is 4.18. The lowest BCUT2D eigenvalue weighted by molar-refractivity contribution is -0.139. The Balaban J connectivity index is 2.08. The van der Waals surface area contributed by atoms with Gasteiger partial charge in [-0.2, -0.15) is 0 Å². The maximum Gasteiger partial charge on any atom is 0.240 e. The molecule has 0 aromatic heterocycles. The van der Waals surface area contributed by atoms with Gasteiger partial charge in [-0.25, -0.2) is 8.78 Å². The second-order valence-electron chi connectivity index (χ2n) is 7.68. The van der Waals surface area contributed by atoms with Crippen LogP contribution in [0.2, 0.25) is 0 Å². The van der Waals surface area contributed by atoms with Crippen molar-refractivity contribution in [2.45, 2.75) is 39.7 Å². The van der Waals surface area contributed by atoms with Crippen molar-refractivity contribution in [2.24, 2.45) is 5.92 Å². The minimum absolute atomic E-state index is 0.0257. The number of anilines is 1. The Bertz CT molecular complexity index is 726. The zero-order valence-electron chi connectivity index (χ0n) is 16.0. The van der Waals surface area contributed by atoms with Crippen LogP contribution < -0.4 is 10.2 Å². The van der Waals surface area contributed by atoms with Crippen molar-refractivity contribution in [3.05, 3.63) is 29.8 Å². The summed E-state index contributed by atoms with van der Waals surface area (Å²) in [7, 11) is 0. The normalized spacial score (nSPS) is 17.2. The minimum atomic E-state index is -0.790. The van der Waals surface area contributed by atoms with Gasteiger partial charge in [0.05, 0.1) is 12.5 Å². The molecule has 0 radical (unpaired) electrons. The number of hydrogen-bond acceptors (Lipinski definition) is 3. The van der Waals surface area contributed by atoms with Gasteiger partial charge in [0.2, 0.25) is 17.7 Å². The van der Waals surface area contributed by atoms with Crippen molar-refractivity contribution in [1.82, 2.24) is 10.2 Å². The number of carbonyl (C=O) groups excluding carboxylic acids is 3. The summed E-state index contributed by atoms with van der Waals surface area (Å²) in [6.45, 7) is 7.51. The van der Waals surface area contributed by atoms with Gasteiger partial charge in [0, 0.05) is 36.8 Å². The SMILES string of the molecule is CCN(CC(=O)NC(C)(C)C)C(=O)C1CC(=O)N(c2cc(F)cc(F)c2)C1. The van der Waals surface area contributed by atoms with Gasteiger partial charge in [-0.3, -0.25) is 14.4 Å². The fraction of sp³-hybridized carbons (Fsp3) is 0.526. The molecule has 1 N–H and O–H groups in total. The van der Waals surface area contributed by atoms with Crippen molar-refractivity contribution in [3.8, 4) is 0 Å². The van der Waals surface area contributed by atoms with Crippen LogP contribution in [0, 0.1) is 17.6 Å². The number of likely N-dealkylation sites (N-methyl/N-ethyl adjacent to an activating group) is 1.